The minimum absolute atomic E-state index is 0.00789. The molecule has 0 aromatic heterocycles. The summed E-state index contributed by atoms with van der Waals surface area (Å²) in [6, 6.07) is 17.0. The second-order valence-corrected chi connectivity index (χ2v) is 11.7. The summed E-state index contributed by atoms with van der Waals surface area (Å²) >= 11 is 6.18. The number of nitrogens with one attached hydrogen (secondary N) is 1. The van der Waals surface area contributed by atoms with E-state index in [1.165, 1.54) is 47.4 Å². The molecule has 0 heterocycles. The van der Waals surface area contributed by atoms with Gasteiger partial charge in [0.15, 0.2) is 0 Å². The topological polar surface area (TPSA) is 86.8 Å². The van der Waals surface area contributed by atoms with E-state index < -0.39 is 34.3 Å². The minimum Gasteiger partial charge on any atom is -0.352 e. The van der Waals surface area contributed by atoms with Crippen LogP contribution in [0.25, 0.3) is 0 Å². The number of benzene rings is 3. The predicted molar refractivity (Wildman–Crippen MR) is 151 cm³/mol. The zero-order chi connectivity index (χ0) is 28.7. The molecule has 0 saturated carbocycles. The Morgan fingerprint density at radius 2 is 1.64 bits per heavy atom. The van der Waals surface area contributed by atoms with Gasteiger partial charge in [-0.15, -0.1) is 0 Å². The Labute approximate surface area is 234 Å². The second kappa shape index (κ2) is 13.1. The van der Waals surface area contributed by atoms with Gasteiger partial charge in [-0.25, -0.2) is 12.8 Å². The first-order valence-electron chi connectivity index (χ1n) is 12.6. The molecule has 0 spiro atoms. The third-order valence-corrected chi connectivity index (χ3v) is 8.44. The van der Waals surface area contributed by atoms with E-state index in [2.05, 4.69) is 5.32 Å². The van der Waals surface area contributed by atoms with Gasteiger partial charge in [-0.1, -0.05) is 54.4 Å². The van der Waals surface area contributed by atoms with E-state index in [-0.39, 0.29) is 29.1 Å². The molecule has 2 atom stereocenters. The van der Waals surface area contributed by atoms with Gasteiger partial charge in [0, 0.05) is 17.6 Å². The molecule has 0 bridgehead atoms. The SMILES string of the molecule is CC[C@H](C)NC(=O)[C@@H](C)N(Cc1ccc(F)cc1)C(=O)CN(c1cccc(Cl)c1)S(=O)(=O)c1ccc(C)cc1. The molecular weight excluding hydrogens is 541 g/mol. The van der Waals surface area contributed by atoms with E-state index in [1.54, 1.807) is 37.3 Å². The van der Waals surface area contributed by atoms with Crippen LogP contribution in [0, 0.1) is 12.7 Å². The van der Waals surface area contributed by atoms with Crippen molar-refractivity contribution in [3.8, 4) is 0 Å². The number of anilines is 1. The van der Waals surface area contributed by atoms with E-state index in [4.69, 9.17) is 11.6 Å². The largest absolute Gasteiger partial charge is 0.352 e. The molecule has 3 rings (SSSR count). The number of carbonyl (C=O) groups excluding carboxylic acids is 2. The molecule has 3 aromatic carbocycles. The van der Waals surface area contributed by atoms with E-state index in [0.717, 1.165) is 9.87 Å². The van der Waals surface area contributed by atoms with Crippen molar-refractivity contribution in [2.24, 2.45) is 0 Å². The normalized spacial score (nSPS) is 12.9. The van der Waals surface area contributed by atoms with Crippen LogP contribution in [0.4, 0.5) is 10.1 Å². The Balaban J connectivity index is 2.02. The van der Waals surface area contributed by atoms with Crippen LogP contribution in [0.15, 0.2) is 77.7 Å². The first kappa shape index (κ1) is 30.1. The third kappa shape index (κ3) is 7.80. The lowest BCUT2D eigenvalue weighted by molar-refractivity contribution is -0.139. The van der Waals surface area contributed by atoms with Gasteiger partial charge in [0.25, 0.3) is 10.0 Å². The smallest absolute Gasteiger partial charge is 0.264 e. The quantitative estimate of drug-likeness (QED) is 0.337. The Bertz CT molecular complexity index is 1400. The molecule has 0 aliphatic rings. The summed E-state index contributed by atoms with van der Waals surface area (Å²) in [6.07, 6.45) is 0.696. The van der Waals surface area contributed by atoms with Gasteiger partial charge in [-0.2, -0.15) is 0 Å². The number of nitrogens with zero attached hydrogens (tertiary/aromatic N) is 2. The standard InChI is InChI=1S/C29H33ClFN3O4S/c1-5-21(3)32-29(36)22(4)33(18-23-11-13-25(31)14-12-23)28(35)19-34(26-8-6-7-24(30)17-26)39(37,38)27-15-9-20(2)10-16-27/h6-17,21-22H,5,18-19H2,1-4H3,(H,32,36)/t21-,22+/m0/s1. The second-order valence-electron chi connectivity index (χ2n) is 9.45. The van der Waals surface area contributed by atoms with Gasteiger partial charge < -0.3 is 10.2 Å². The molecule has 2 amide bonds. The number of carbonyl (C=O) groups is 2. The zero-order valence-corrected chi connectivity index (χ0v) is 24.0. The lowest BCUT2D eigenvalue weighted by atomic mass is 10.1. The summed E-state index contributed by atoms with van der Waals surface area (Å²) < 4.78 is 42.1. The van der Waals surface area contributed by atoms with Crippen LogP contribution in [-0.2, 0) is 26.2 Å². The van der Waals surface area contributed by atoms with Crippen molar-refractivity contribution in [1.29, 1.82) is 0 Å². The van der Waals surface area contributed by atoms with Crippen molar-refractivity contribution in [2.45, 2.75) is 57.6 Å². The number of rotatable bonds is 11. The molecule has 1 N–H and O–H groups in total. The zero-order valence-electron chi connectivity index (χ0n) is 22.4. The van der Waals surface area contributed by atoms with Crippen LogP contribution in [0.2, 0.25) is 5.02 Å². The van der Waals surface area contributed by atoms with Gasteiger partial charge in [-0.05, 0) is 75.2 Å². The van der Waals surface area contributed by atoms with E-state index in [0.29, 0.717) is 17.0 Å². The van der Waals surface area contributed by atoms with Crippen LogP contribution >= 0.6 is 11.6 Å². The Morgan fingerprint density at radius 3 is 2.23 bits per heavy atom. The Hall–Kier alpha value is -3.43. The Morgan fingerprint density at radius 1 is 1.00 bits per heavy atom. The van der Waals surface area contributed by atoms with Crippen molar-refractivity contribution in [2.75, 3.05) is 10.8 Å². The number of sulfonamides is 1. The molecule has 39 heavy (non-hydrogen) atoms. The van der Waals surface area contributed by atoms with Crippen LogP contribution in [-0.4, -0.2) is 43.8 Å². The minimum atomic E-state index is -4.19. The highest BCUT2D eigenvalue weighted by Crippen LogP contribution is 2.27. The molecule has 7 nitrogen and oxygen atoms in total. The maximum atomic E-state index is 13.8. The fourth-order valence-corrected chi connectivity index (χ4v) is 5.42. The summed E-state index contributed by atoms with van der Waals surface area (Å²) in [5, 5.41) is 3.17. The first-order valence-corrected chi connectivity index (χ1v) is 14.4. The summed E-state index contributed by atoms with van der Waals surface area (Å²) in [7, 11) is -4.19. The van der Waals surface area contributed by atoms with Crippen molar-refractivity contribution >= 4 is 39.1 Å². The highest BCUT2D eigenvalue weighted by molar-refractivity contribution is 7.92. The summed E-state index contributed by atoms with van der Waals surface area (Å²) in [5.74, 6) is -1.42. The molecule has 0 fully saturated rings. The molecule has 0 saturated heterocycles. The van der Waals surface area contributed by atoms with Gasteiger partial charge in [0.05, 0.1) is 10.6 Å². The molecule has 208 valence electrons. The van der Waals surface area contributed by atoms with Crippen LogP contribution in [0.3, 0.4) is 0 Å². The van der Waals surface area contributed by atoms with Crippen LogP contribution in [0.1, 0.15) is 38.3 Å². The lowest BCUT2D eigenvalue weighted by Crippen LogP contribution is -2.52. The maximum Gasteiger partial charge on any atom is 0.264 e. The van der Waals surface area contributed by atoms with E-state index >= 15 is 0 Å². The van der Waals surface area contributed by atoms with Gasteiger partial charge in [-0.3, -0.25) is 13.9 Å². The van der Waals surface area contributed by atoms with Gasteiger partial charge >= 0.3 is 0 Å². The molecule has 0 aliphatic heterocycles. The van der Waals surface area contributed by atoms with Gasteiger partial charge in [0.1, 0.15) is 18.4 Å². The van der Waals surface area contributed by atoms with Crippen molar-refractivity contribution in [3.05, 3.63) is 94.8 Å². The number of hydrogen-bond donors (Lipinski definition) is 1. The summed E-state index contributed by atoms with van der Waals surface area (Å²) in [5.41, 5.74) is 1.67. The average molecular weight is 574 g/mol. The maximum absolute atomic E-state index is 13.8. The molecule has 0 unspecified atom stereocenters. The number of halogens is 2. The highest BCUT2D eigenvalue weighted by atomic mass is 35.5. The van der Waals surface area contributed by atoms with Crippen molar-refractivity contribution < 1.29 is 22.4 Å². The lowest BCUT2D eigenvalue weighted by Gasteiger charge is -2.32. The molecular formula is C29H33ClFN3O4S. The number of amides is 2. The van der Waals surface area contributed by atoms with E-state index in [9.17, 15) is 22.4 Å². The predicted octanol–water partition coefficient (Wildman–Crippen LogP) is 5.31. The number of aryl methyl sites for hydroxylation is 1. The number of hydrogen-bond acceptors (Lipinski definition) is 4. The third-order valence-electron chi connectivity index (χ3n) is 6.42. The highest BCUT2D eigenvalue weighted by Gasteiger charge is 2.32. The fraction of sp³-hybridized carbons (Fsp3) is 0.310. The van der Waals surface area contributed by atoms with Crippen molar-refractivity contribution in [3.63, 3.8) is 0 Å². The first-order chi connectivity index (χ1) is 18.4. The molecule has 3 aromatic rings. The molecule has 0 aliphatic carbocycles. The molecule has 0 radical (unpaired) electrons. The monoisotopic (exact) mass is 573 g/mol. The summed E-state index contributed by atoms with van der Waals surface area (Å²) in [4.78, 5) is 28.2. The van der Waals surface area contributed by atoms with Gasteiger partial charge in [0.2, 0.25) is 11.8 Å². The summed E-state index contributed by atoms with van der Waals surface area (Å²) in [6.45, 7) is 6.59. The molecule has 10 heteroatoms. The average Bonchev–Trinajstić information content (AvgIpc) is 2.90. The fourth-order valence-electron chi connectivity index (χ4n) is 3.83. The Kier molecular flexibility index (Phi) is 10.1. The van der Waals surface area contributed by atoms with Crippen LogP contribution in [0.5, 0.6) is 0 Å². The van der Waals surface area contributed by atoms with E-state index in [1.807, 2.05) is 20.8 Å². The van der Waals surface area contributed by atoms with Crippen LogP contribution < -0.4 is 9.62 Å². The van der Waals surface area contributed by atoms with Crippen molar-refractivity contribution in [1.82, 2.24) is 10.2 Å².